The number of rotatable bonds is 8. The Bertz CT molecular complexity index is 142. The van der Waals surface area contributed by atoms with Crippen molar-refractivity contribution in [1.82, 2.24) is 0 Å². The molecule has 0 radical (unpaired) electrons. The average Bonchev–Trinajstić information content (AvgIpc) is 2.15. The molecule has 84 valence electrons. The van der Waals surface area contributed by atoms with Crippen LogP contribution in [0.4, 0.5) is 0 Å². The van der Waals surface area contributed by atoms with E-state index in [0.717, 1.165) is 25.7 Å². The molecular formula is C11H23NO2. The maximum absolute atomic E-state index is 11.1. The van der Waals surface area contributed by atoms with Crippen LogP contribution in [0.25, 0.3) is 0 Å². The SMILES string of the molecule is CCCC(CCN)CCC(=O)OCC. The molecule has 0 aromatic carbocycles. The summed E-state index contributed by atoms with van der Waals surface area (Å²) in [7, 11) is 0. The van der Waals surface area contributed by atoms with Gasteiger partial charge in [0.05, 0.1) is 6.61 Å². The van der Waals surface area contributed by atoms with Crippen molar-refractivity contribution in [2.24, 2.45) is 11.7 Å². The molecule has 3 heteroatoms. The smallest absolute Gasteiger partial charge is 0.305 e. The molecule has 3 nitrogen and oxygen atoms in total. The van der Waals surface area contributed by atoms with Crippen molar-refractivity contribution in [2.45, 2.75) is 46.0 Å². The van der Waals surface area contributed by atoms with E-state index in [-0.39, 0.29) is 5.97 Å². The highest BCUT2D eigenvalue weighted by atomic mass is 16.5. The fourth-order valence-electron chi connectivity index (χ4n) is 1.63. The van der Waals surface area contributed by atoms with E-state index in [1.807, 2.05) is 6.92 Å². The van der Waals surface area contributed by atoms with E-state index in [1.165, 1.54) is 0 Å². The number of hydrogen-bond donors (Lipinski definition) is 1. The lowest BCUT2D eigenvalue weighted by atomic mass is 9.95. The number of carbonyl (C=O) groups is 1. The minimum atomic E-state index is -0.0781. The molecule has 0 aromatic heterocycles. The van der Waals surface area contributed by atoms with Gasteiger partial charge in [0.2, 0.25) is 0 Å². The zero-order valence-electron chi connectivity index (χ0n) is 9.42. The molecule has 1 atom stereocenters. The van der Waals surface area contributed by atoms with Crippen molar-refractivity contribution >= 4 is 5.97 Å². The Balaban J connectivity index is 3.63. The second kappa shape index (κ2) is 9.00. The van der Waals surface area contributed by atoms with Crippen LogP contribution in [0, 0.1) is 5.92 Å². The number of ether oxygens (including phenoxy) is 1. The van der Waals surface area contributed by atoms with E-state index in [9.17, 15) is 4.79 Å². The Hall–Kier alpha value is -0.570. The molecule has 1 unspecified atom stereocenters. The first-order valence-corrected chi connectivity index (χ1v) is 5.60. The maximum atomic E-state index is 11.1. The first-order valence-electron chi connectivity index (χ1n) is 5.60. The molecule has 0 amide bonds. The molecular weight excluding hydrogens is 178 g/mol. The van der Waals surface area contributed by atoms with Crippen molar-refractivity contribution in [3.8, 4) is 0 Å². The van der Waals surface area contributed by atoms with Crippen LogP contribution in [0.1, 0.15) is 46.0 Å². The van der Waals surface area contributed by atoms with E-state index in [1.54, 1.807) is 0 Å². The second-order valence-electron chi connectivity index (χ2n) is 3.58. The van der Waals surface area contributed by atoms with Crippen LogP contribution in [-0.4, -0.2) is 19.1 Å². The summed E-state index contributed by atoms with van der Waals surface area (Å²) in [6.45, 7) is 5.19. The van der Waals surface area contributed by atoms with Crippen molar-refractivity contribution in [1.29, 1.82) is 0 Å². The highest BCUT2D eigenvalue weighted by Crippen LogP contribution is 2.17. The van der Waals surface area contributed by atoms with Crippen LogP contribution in [0.2, 0.25) is 0 Å². The third-order valence-corrected chi connectivity index (χ3v) is 2.33. The van der Waals surface area contributed by atoms with Gasteiger partial charge in [-0.05, 0) is 32.2 Å². The normalized spacial score (nSPS) is 12.5. The Morgan fingerprint density at radius 3 is 2.50 bits per heavy atom. The van der Waals surface area contributed by atoms with Crippen LogP contribution in [0.3, 0.4) is 0 Å². The van der Waals surface area contributed by atoms with E-state index >= 15 is 0 Å². The first-order chi connectivity index (χ1) is 6.74. The Morgan fingerprint density at radius 2 is 2.00 bits per heavy atom. The fraction of sp³-hybridized carbons (Fsp3) is 0.909. The minimum Gasteiger partial charge on any atom is -0.466 e. The van der Waals surface area contributed by atoms with Gasteiger partial charge in [-0.1, -0.05) is 19.8 Å². The molecule has 0 heterocycles. The number of nitrogens with two attached hydrogens (primary N) is 1. The van der Waals surface area contributed by atoms with Gasteiger partial charge in [-0.25, -0.2) is 0 Å². The standard InChI is InChI=1S/C11H23NO2/c1-3-5-10(8-9-12)6-7-11(13)14-4-2/h10H,3-9,12H2,1-2H3. The fourth-order valence-corrected chi connectivity index (χ4v) is 1.63. The van der Waals surface area contributed by atoms with Gasteiger partial charge in [0.25, 0.3) is 0 Å². The summed E-state index contributed by atoms with van der Waals surface area (Å²) < 4.78 is 4.88. The lowest BCUT2D eigenvalue weighted by Gasteiger charge is -2.13. The molecule has 0 rings (SSSR count). The van der Waals surface area contributed by atoms with Crippen LogP contribution >= 0.6 is 0 Å². The van der Waals surface area contributed by atoms with E-state index < -0.39 is 0 Å². The summed E-state index contributed by atoms with van der Waals surface area (Å²) in [6, 6.07) is 0. The topological polar surface area (TPSA) is 52.3 Å². The Kier molecular flexibility index (Phi) is 8.64. The highest BCUT2D eigenvalue weighted by Gasteiger charge is 2.10. The van der Waals surface area contributed by atoms with E-state index in [0.29, 0.717) is 25.5 Å². The van der Waals surface area contributed by atoms with E-state index in [4.69, 9.17) is 10.5 Å². The maximum Gasteiger partial charge on any atom is 0.305 e. The molecule has 14 heavy (non-hydrogen) atoms. The lowest BCUT2D eigenvalue weighted by molar-refractivity contribution is -0.143. The molecule has 0 fully saturated rings. The third-order valence-electron chi connectivity index (χ3n) is 2.33. The van der Waals surface area contributed by atoms with Crippen LogP contribution in [-0.2, 0) is 9.53 Å². The molecule has 0 aromatic rings. The van der Waals surface area contributed by atoms with Crippen molar-refractivity contribution < 1.29 is 9.53 Å². The summed E-state index contributed by atoms with van der Waals surface area (Å²) in [5, 5.41) is 0. The monoisotopic (exact) mass is 201 g/mol. The largest absolute Gasteiger partial charge is 0.466 e. The Labute approximate surface area is 87.0 Å². The highest BCUT2D eigenvalue weighted by molar-refractivity contribution is 5.69. The molecule has 0 bridgehead atoms. The number of esters is 1. The van der Waals surface area contributed by atoms with Gasteiger partial charge in [-0.2, -0.15) is 0 Å². The molecule has 0 aliphatic heterocycles. The van der Waals surface area contributed by atoms with Gasteiger partial charge >= 0.3 is 5.97 Å². The Morgan fingerprint density at radius 1 is 1.29 bits per heavy atom. The summed E-state index contributed by atoms with van der Waals surface area (Å²) in [5.41, 5.74) is 5.51. The van der Waals surface area contributed by atoms with Crippen molar-refractivity contribution in [2.75, 3.05) is 13.2 Å². The second-order valence-corrected chi connectivity index (χ2v) is 3.58. The van der Waals surface area contributed by atoms with Gasteiger partial charge in [0, 0.05) is 6.42 Å². The van der Waals surface area contributed by atoms with Gasteiger partial charge in [0.1, 0.15) is 0 Å². The van der Waals surface area contributed by atoms with Gasteiger partial charge < -0.3 is 10.5 Å². The minimum absolute atomic E-state index is 0.0781. The molecule has 0 aliphatic carbocycles. The van der Waals surface area contributed by atoms with Crippen LogP contribution in [0.5, 0.6) is 0 Å². The predicted molar refractivity (Wildman–Crippen MR) is 57.9 cm³/mol. The summed E-state index contributed by atoms with van der Waals surface area (Å²) in [6.07, 6.45) is 4.81. The average molecular weight is 201 g/mol. The summed E-state index contributed by atoms with van der Waals surface area (Å²) >= 11 is 0. The van der Waals surface area contributed by atoms with Crippen molar-refractivity contribution in [3.05, 3.63) is 0 Å². The van der Waals surface area contributed by atoms with Crippen LogP contribution in [0.15, 0.2) is 0 Å². The zero-order chi connectivity index (χ0) is 10.8. The summed E-state index contributed by atoms with van der Waals surface area (Å²) in [4.78, 5) is 11.1. The molecule has 0 saturated carbocycles. The number of hydrogen-bond acceptors (Lipinski definition) is 3. The molecule has 2 N–H and O–H groups in total. The first kappa shape index (κ1) is 13.4. The quantitative estimate of drug-likeness (QED) is 0.612. The van der Waals surface area contributed by atoms with E-state index in [2.05, 4.69) is 6.92 Å². The zero-order valence-corrected chi connectivity index (χ0v) is 9.42. The third kappa shape index (κ3) is 6.89. The lowest BCUT2D eigenvalue weighted by Crippen LogP contribution is -2.12. The van der Waals surface area contributed by atoms with Gasteiger partial charge in [0.15, 0.2) is 0 Å². The van der Waals surface area contributed by atoms with Gasteiger partial charge in [-0.3, -0.25) is 4.79 Å². The predicted octanol–water partition coefficient (Wildman–Crippen LogP) is 2.09. The molecule has 0 aliphatic rings. The van der Waals surface area contributed by atoms with Crippen molar-refractivity contribution in [3.63, 3.8) is 0 Å². The van der Waals surface area contributed by atoms with Gasteiger partial charge in [-0.15, -0.1) is 0 Å². The van der Waals surface area contributed by atoms with Crippen LogP contribution < -0.4 is 5.73 Å². The molecule has 0 spiro atoms. The molecule has 0 saturated heterocycles. The summed E-state index contributed by atoms with van der Waals surface area (Å²) in [5.74, 6) is 0.514. The number of carbonyl (C=O) groups excluding carboxylic acids is 1.